The zero-order valence-electron chi connectivity index (χ0n) is 58.3. The van der Waals surface area contributed by atoms with Crippen LogP contribution in [0.5, 0.6) is 0 Å². The molecular weight excluding hydrogens is 1080 g/mol. The van der Waals surface area contributed by atoms with Crippen molar-refractivity contribution < 1.29 is 9.47 Å². The van der Waals surface area contributed by atoms with Crippen LogP contribution < -0.4 is 0 Å². The van der Waals surface area contributed by atoms with E-state index in [0.29, 0.717) is 0 Å². The number of ether oxygens (including phenoxy) is 2. The van der Waals surface area contributed by atoms with Gasteiger partial charge < -0.3 is 9.47 Å². The van der Waals surface area contributed by atoms with Crippen molar-refractivity contribution in [3.8, 4) is 0 Å². The monoisotopic (exact) mass is 1200 g/mol. The van der Waals surface area contributed by atoms with Gasteiger partial charge in [0.15, 0.2) is 12.8 Å². The minimum Gasteiger partial charge on any atom is -0.487 e. The summed E-state index contributed by atoms with van der Waals surface area (Å²) in [5.74, 6) is 0. The van der Waals surface area contributed by atoms with Crippen LogP contribution in [0.25, 0.3) is 0 Å². The summed E-state index contributed by atoms with van der Waals surface area (Å²) in [6.07, 6.45) is 48.9. The SMILES string of the molecule is CC=CC=CC.CC=CC=NC.CC=CC=NC.CC=CCC.CC=CN=CC.CC=NC=NC.CC=NC=NC.CC=NCC.CCN=NC.CN=CC=NC.CN=CN=NC.CN=CN=NC.CN=COC.CN=COC.CN=CSC. The maximum atomic E-state index is 4.40. The molecule has 0 aromatic heterocycles. The quantitative estimate of drug-likeness (QED) is 0.0509. The van der Waals surface area contributed by atoms with E-state index in [1.807, 2.05) is 144 Å². The molecule has 0 atom stereocenters. The van der Waals surface area contributed by atoms with E-state index in [-0.39, 0.29) is 0 Å². The van der Waals surface area contributed by atoms with Crippen molar-refractivity contribution in [1.82, 2.24) is 0 Å². The van der Waals surface area contributed by atoms with Gasteiger partial charge in [0.25, 0.3) is 0 Å². The molecule has 84 heavy (non-hydrogen) atoms. The van der Waals surface area contributed by atoms with Crippen molar-refractivity contribution in [1.29, 1.82) is 0 Å². The van der Waals surface area contributed by atoms with Crippen molar-refractivity contribution in [2.75, 3.05) is 132 Å². The van der Waals surface area contributed by atoms with Gasteiger partial charge >= 0.3 is 0 Å². The number of rotatable bonds is 15. The number of allylic oxidation sites excluding steroid dienone is 11. The third kappa shape index (κ3) is 408. The van der Waals surface area contributed by atoms with Gasteiger partial charge in [-0.3, -0.25) is 74.9 Å². The highest BCUT2D eigenvalue weighted by Crippen LogP contribution is 1.78. The van der Waals surface area contributed by atoms with Gasteiger partial charge in [-0.15, -0.1) is 22.0 Å². The van der Waals surface area contributed by atoms with Gasteiger partial charge in [0.1, 0.15) is 25.4 Å². The highest BCUT2D eigenvalue weighted by molar-refractivity contribution is 8.11. The number of methoxy groups -OCH3 is 2. The molecule has 0 spiro atoms. The lowest BCUT2D eigenvalue weighted by atomic mass is 10.4. The molecule has 0 bridgehead atoms. The summed E-state index contributed by atoms with van der Waals surface area (Å²) in [4.78, 5) is 54.7. The Morgan fingerprint density at radius 1 is 0.357 bits per heavy atom. The molecule has 0 aliphatic carbocycles. The Bertz CT molecular complexity index is 1280. The minimum absolute atomic E-state index is 0.802. The summed E-state index contributed by atoms with van der Waals surface area (Å²) < 4.78 is 8.80. The molecule has 0 aliphatic rings. The molecule has 0 N–H and O–H groups in total. The van der Waals surface area contributed by atoms with Crippen LogP contribution in [0.2, 0.25) is 0 Å². The van der Waals surface area contributed by atoms with Crippen molar-refractivity contribution in [2.45, 2.75) is 96.4 Å². The molecule has 0 fully saturated rings. The molecule has 0 rings (SSSR count). The van der Waals surface area contributed by atoms with Crippen LogP contribution in [0.15, 0.2) is 179 Å². The van der Waals surface area contributed by atoms with Crippen LogP contribution in [-0.2, 0) is 9.47 Å². The van der Waals surface area contributed by atoms with Crippen molar-refractivity contribution in [2.24, 2.45) is 106 Å². The van der Waals surface area contributed by atoms with E-state index in [4.69, 9.17) is 0 Å². The van der Waals surface area contributed by atoms with E-state index in [0.717, 1.165) is 19.5 Å². The number of aliphatic imine (C=N–C) groups is 15. The summed E-state index contributed by atoms with van der Waals surface area (Å²) in [5, 5.41) is 20.7. The standard InChI is InChI=1S/C6H10.3C5H9N.C5H10.3C4H8N2.C4H9N.2C3H7N3.C3H8N2.2C3H7NO.C3H7NS/c1-3-5-6-4-2;2*1-3-4-5-6-2;1-3-5-6-4-2;1-3-5-4-2;1-5-3-4-6-2;2*1-3-6-4-5-2;1-3-5-4-2;2*1-4-3-6-5-2;1-3-5-4-2;3*1-4-3-5-2/h3-6H,1-2H3;3*3-5H,1-2H3;3,5H,4H2,1-2H3;3*3-4H,1-2H3;3H,4H2,1-2H3;2*3H,1-2H3;3H2,1-2H3;3*3H,1-2H3. The predicted molar refractivity (Wildman–Crippen MR) is 395 cm³/mol. The van der Waals surface area contributed by atoms with Crippen LogP contribution in [0.4, 0.5) is 0 Å². The Balaban J connectivity index is -0.0000000467. The predicted octanol–water partition coefficient (Wildman–Crippen LogP) is 15.3. The van der Waals surface area contributed by atoms with E-state index >= 15 is 0 Å². The van der Waals surface area contributed by atoms with E-state index < -0.39 is 0 Å². The lowest BCUT2D eigenvalue weighted by Gasteiger charge is -1.75. The van der Waals surface area contributed by atoms with Crippen LogP contribution in [0, 0.1) is 0 Å². The molecule has 0 unspecified atom stereocenters. The Labute approximate surface area is 519 Å². The average Bonchev–Trinajstić information content (AvgIpc) is 3.51. The van der Waals surface area contributed by atoms with E-state index in [1.165, 1.54) is 38.2 Å². The highest BCUT2D eigenvalue weighted by Gasteiger charge is 1.57. The van der Waals surface area contributed by atoms with Crippen LogP contribution in [0.3, 0.4) is 0 Å². The maximum Gasteiger partial charge on any atom is 0.168 e. The van der Waals surface area contributed by atoms with Gasteiger partial charge in [-0.05, 0) is 114 Å². The molecule has 0 aromatic carbocycles. The molecule has 0 saturated carbocycles. The number of hydrogen-bond acceptors (Lipinski definition) is 20. The lowest BCUT2D eigenvalue weighted by Crippen LogP contribution is -1.71. The highest BCUT2D eigenvalue weighted by atomic mass is 32.2. The van der Waals surface area contributed by atoms with Gasteiger partial charge in [-0.1, -0.05) is 61.6 Å². The van der Waals surface area contributed by atoms with Crippen molar-refractivity contribution >= 4 is 105 Å². The fourth-order valence-electron chi connectivity index (χ4n) is 2.22. The number of thioether (sulfide) groups is 1. The summed E-state index contributed by atoms with van der Waals surface area (Å²) >= 11 is 1.61. The Kier molecular flexibility index (Phi) is 266. The van der Waals surface area contributed by atoms with Gasteiger partial charge in [0.05, 0.1) is 26.3 Å². The zero-order chi connectivity index (χ0) is 68.2. The summed E-state index contributed by atoms with van der Waals surface area (Å²) in [5.41, 5.74) is 1.79. The first-order chi connectivity index (χ1) is 40.7. The second-order valence-electron chi connectivity index (χ2n) is 11.8. The third-order valence-corrected chi connectivity index (χ3v) is 5.50. The van der Waals surface area contributed by atoms with Gasteiger partial charge in [-0.25, -0.2) is 0 Å². The molecular formula is C60H123N21O2S. The molecule has 0 aliphatic heterocycles. The summed E-state index contributed by atoms with van der Waals surface area (Å²) in [6.45, 7) is 27.2. The fourth-order valence-corrected chi connectivity index (χ4v) is 2.43. The normalized spacial score (nSPS) is 11.0. The Morgan fingerprint density at radius 3 is 0.798 bits per heavy atom. The molecule has 23 nitrogen and oxygen atoms in total. The molecule has 0 aromatic rings. The van der Waals surface area contributed by atoms with Gasteiger partial charge in [0, 0.05) is 155 Å². The first-order valence-corrected chi connectivity index (χ1v) is 27.5. The first-order valence-electron chi connectivity index (χ1n) is 26.2. The Morgan fingerprint density at radius 2 is 0.726 bits per heavy atom. The molecule has 0 amide bonds. The van der Waals surface area contributed by atoms with Crippen LogP contribution >= 0.6 is 11.8 Å². The molecule has 0 saturated heterocycles. The topological polar surface area (TPSA) is 278 Å². The first kappa shape index (κ1) is 115. The molecule has 486 valence electrons. The van der Waals surface area contributed by atoms with E-state index in [2.05, 4.69) is 134 Å². The van der Waals surface area contributed by atoms with Gasteiger partial charge in [-0.2, -0.15) is 20.5 Å². The third-order valence-electron chi connectivity index (χ3n) is 5.08. The van der Waals surface area contributed by atoms with Crippen molar-refractivity contribution in [3.63, 3.8) is 0 Å². The van der Waals surface area contributed by atoms with Crippen LogP contribution in [0.1, 0.15) is 96.4 Å². The maximum absolute atomic E-state index is 4.40. The minimum atomic E-state index is 0.802. The number of hydrogen-bond donors (Lipinski definition) is 0. The average molecular weight is 1200 g/mol. The Hall–Kier alpha value is -7.76. The van der Waals surface area contributed by atoms with E-state index in [9.17, 15) is 0 Å². The lowest BCUT2D eigenvalue weighted by molar-refractivity contribution is 0.422. The number of azo groups is 3. The second kappa shape index (κ2) is 194. The van der Waals surface area contributed by atoms with Crippen molar-refractivity contribution in [3.05, 3.63) is 73.0 Å². The van der Waals surface area contributed by atoms with Gasteiger partial charge in [0.2, 0.25) is 0 Å². The molecule has 0 heterocycles. The fraction of sp³-hybridized carbons (Fsp3) is 0.550. The summed E-state index contributed by atoms with van der Waals surface area (Å²) in [7, 11) is 26.7. The zero-order valence-corrected chi connectivity index (χ0v) is 59.1. The largest absolute Gasteiger partial charge is 0.487 e. The molecule has 24 heteroatoms. The summed E-state index contributed by atoms with van der Waals surface area (Å²) in [6, 6.07) is 0. The second-order valence-corrected chi connectivity index (χ2v) is 12.4. The van der Waals surface area contributed by atoms with E-state index in [1.54, 1.807) is 186 Å². The van der Waals surface area contributed by atoms with Crippen LogP contribution in [-0.4, -0.2) is 226 Å². The number of nitrogens with zero attached hydrogens (tertiary/aromatic N) is 21. The smallest absolute Gasteiger partial charge is 0.168 e. The molecule has 0 radical (unpaired) electrons.